The summed E-state index contributed by atoms with van der Waals surface area (Å²) >= 11 is 0. The largest absolute Gasteiger partial charge is 0.489 e. The normalized spacial score (nSPS) is 10.9. The van der Waals surface area contributed by atoms with Gasteiger partial charge in [0.2, 0.25) is 0 Å². The Labute approximate surface area is 139 Å². The summed E-state index contributed by atoms with van der Waals surface area (Å²) in [7, 11) is 0. The Bertz CT molecular complexity index is 744. The molecule has 0 heterocycles. The first kappa shape index (κ1) is 17.3. The van der Waals surface area contributed by atoms with Crippen LogP contribution in [0.25, 0.3) is 0 Å². The van der Waals surface area contributed by atoms with Gasteiger partial charge < -0.3 is 15.2 Å². The molecular weight excluding hydrogens is 312 g/mol. The van der Waals surface area contributed by atoms with E-state index in [4.69, 9.17) is 9.84 Å². The highest BCUT2D eigenvalue weighted by Gasteiger charge is 2.28. The van der Waals surface area contributed by atoms with Crippen LogP contribution in [0.15, 0.2) is 48.5 Å². The summed E-state index contributed by atoms with van der Waals surface area (Å²) in [5, 5.41) is 22.4. The maximum atomic E-state index is 11.0. The van der Waals surface area contributed by atoms with Gasteiger partial charge in [0.15, 0.2) is 0 Å². The lowest BCUT2D eigenvalue weighted by atomic mass is 9.93. The predicted octanol–water partition coefficient (Wildman–Crippen LogP) is 3.68. The lowest BCUT2D eigenvalue weighted by Gasteiger charge is -2.27. The molecule has 0 aliphatic carbocycles. The van der Waals surface area contributed by atoms with Crippen molar-refractivity contribution >= 4 is 11.8 Å². The van der Waals surface area contributed by atoms with E-state index in [1.54, 1.807) is 13.8 Å². The van der Waals surface area contributed by atoms with Crippen LogP contribution in [0.5, 0.6) is 5.75 Å². The zero-order valence-corrected chi connectivity index (χ0v) is 13.4. The molecule has 7 heteroatoms. The molecule has 0 aromatic heterocycles. The summed E-state index contributed by atoms with van der Waals surface area (Å²) in [6, 6.07) is 13.6. The van der Waals surface area contributed by atoms with Gasteiger partial charge in [0.25, 0.3) is 5.69 Å². The Morgan fingerprint density at radius 2 is 1.92 bits per heavy atom. The zero-order chi connectivity index (χ0) is 17.7. The average molecular weight is 330 g/mol. The smallest absolute Gasteiger partial charge is 0.405 e. The Balaban J connectivity index is 2.35. The first-order chi connectivity index (χ1) is 11.3. The standard InChI is InChI=1S/C17H18N2O5/c1-17(2,18-16(20)21)14-10-13(19(22)23)8-9-15(14)24-11-12-6-4-3-5-7-12/h3-10,18H,11H2,1-2H3,(H,20,21). The third-order valence-corrected chi connectivity index (χ3v) is 3.50. The van der Waals surface area contributed by atoms with Gasteiger partial charge in [0.05, 0.1) is 10.5 Å². The Hall–Kier alpha value is -3.09. The summed E-state index contributed by atoms with van der Waals surface area (Å²) in [4.78, 5) is 21.5. The summed E-state index contributed by atoms with van der Waals surface area (Å²) < 4.78 is 5.77. The van der Waals surface area contributed by atoms with Crippen molar-refractivity contribution in [2.45, 2.75) is 26.0 Å². The van der Waals surface area contributed by atoms with Crippen molar-refractivity contribution in [1.29, 1.82) is 0 Å². The van der Waals surface area contributed by atoms with Gasteiger partial charge in [-0.05, 0) is 25.5 Å². The van der Waals surface area contributed by atoms with Crippen molar-refractivity contribution in [2.75, 3.05) is 0 Å². The molecule has 0 aliphatic rings. The Morgan fingerprint density at radius 3 is 2.50 bits per heavy atom. The van der Waals surface area contributed by atoms with Crippen molar-refractivity contribution in [3.63, 3.8) is 0 Å². The topological polar surface area (TPSA) is 102 Å². The highest BCUT2D eigenvalue weighted by molar-refractivity contribution is 5.66. The molecule has 2 aromatic carbocycles. The summed E-state index contributed by atoms with van der Waals surface area (Å²) in [5.74, 6) is 0.392. The van der Waals surface area contributed by atoms with Gasteiger partial charge >= 0.3 is 6.09 Å². The number of benzene rings is 2. The Morgan fingerprint density at radius 1 is 1.25 bits per heavy atom. The minimum absolute atomic E-state index is 0.127. The zero-order valence-electron chi connectivity index (χ0n) is 13.4. The molecule has 0 fully saturated rings. The number of carboxylic acid groups (broad SMARTS) is 1. The third-order valence-electron chi connectivity index (χ3n) is 3.50. The molecule has 2 rings (SSSR count). The van der Waals surface area contributed by atoms with Crippen molar-refractivity contribution in [3.8, 4) is 5.75 Å². The second-order valence-electron chi connectivity index (χ2n) is 5.77. The molecule has 0 bridgehead atoms. The van der Waals surface area contributed by atoms with E-state index in [1.807, 2.05) is 30.3 Å². The number of nitro groups is 1. The van der Waals surface area contributed by atoms with Crippen LogP contribution in [0.1, 0.15) is 25.0 Å². The van der Waals surface area contributed by atoms with Gasteiger partial charge in [0, 0.05) is 17.7 Å². The SMILES string of the molecule is CC(C)(NC(=O)O)c1cc([N+](=O)[O-])ccc1OCc1ccccc1. The van der Waals surface area contributed by atoms with Crippen molar-refractivity contribution in [3.05, 3.63) is 69.8 Å². The van der Waals surface area contributed by atoms with Crippen LogP contribution in [-0.2, 0) is 12.1 Å². The van der Waals surface area contributed by atoms with E-state index in [9.17, 15) is 14.9 Å². The first-order valence-corrected chi connectivity index (χ1v) is 7.26. The number of nitro benzene ring substituents is 1. The van der Waals surface area contributed by atoms with Crippen LogP contribution in [0.3, 0.4) is 0 Å². The number of ether oxygens (including phenoxy) is 1. The van der Waals surface area contributed by atoms with E-state index in [0.717, 1.165) is 5.56 Å². The number of hydrogen-bond donors (Lipinski definition) is 2. The molecule has 0 spiro atoms. The minimum atomic E-state index is -1.22. The van der Waals surface area contributed by atoms with Gasteiger partial charge in [-0.3, -0.25) is 10.1 Å². The molecule has 0 saturated heterocycles. The van der Waals surface area contributed by atoms with Gasteiger partial charge in [-0.1, -0.05) is 30.3 Å². The van der Waals surface area contributed by atoms with Crippen molar-refractivity contribution in [1.82, 2.24) is 5.32 Å². The third kappa shape index (κ3) is 4.22. The highest BCUT2D eigenvalue weighted by atomic mass is 16.6. The van der Waals surface area contributed by atoms with E-state index >= 15 is 0 Å². The number of non-ortho nitro benzene ring substituents is 1. The fraction of sp³-hybridized carbons (Fsp3) is 0.235. The maximum absolute atomic E-state index is 11.0. The van der Waals surface area contributed by atoms with Crippen molar-refractivity contribution < 1.29 is 19.6 Å². The molecular formula is C17H18N2O5. The van der Waals surface area contributed by atoms with Crippen LogP contribution in [0.2, 0.25) is 0 Å². The predicted molar refractivity (Wildman–Crippen MR) is 88.1 cm³/mol. The molecule has 24 heavy (non-hydrogen) atoms. The minimum Gasteiger partial charge on any atom is -0.489 e. The monoisotopic (exact) mass is 330 g/mol. The number of rotatable bonds is 6. The van der Waals surface area contributed by atoms with Crippen LogP contribution in [0, 0.1) is 10.1 Å². The molecule has 0 saturated carbocycles. The second kappa shape index (κ2) is 6.99. The lowest BCUT2D eigenvalue weighted by molar-refractivity contribution is -0.385. The van der Waals surface area contributed by atoms with Crippen LogP contribution in [0.4, 0.5) is 10.5 Å². The lowest BCUT2D eigenvalue weighted by Crippen LogP contribution is -2.40. The maximum Gasteiger partial charge on any atom is 0.405 e. The van der Waals surface area contributed by atoms with Gasteiger partial charge in [0.1, 0.15) is 12.4 Å². The molecule has 0 radical (unpaired) electrons. The molecule has 2 N–H and O–H groups in total. The average Bonchev–Trinajstić information content (AvgIpc) is 2.52. The molecule has 1 amide bonds. The number of nitrogens with zero attached hydrogens (tertiary/aromatic N) is 1. The fourth-order valence-electron chi connectivity index (χ4n) is 2.32. The van der Waals surface area contributed by atoms with Gasteiger partial charge in [-0.15, -0.1) is 0 Å². The van der Waals surface area contributed by atoms with E-state index in [1.165, 1.54) is 18.2 Å². The highest BCUT2D eigenvalue weighted by Crippen LogP contribution is 2.33. The molecule has 126 valence electrons. The quantitative estimate of drug-likeness (QED) is 0.621. The van der Waals surface area contributed by atoms with Crippen LogP contribution >= 0.6 is 0 Å². The van der Waals surface area contributed by atoms with Gasteiger partial charge in [-0.25, -0.2) is 4.79 Å². The second-order valence-corrected chi connectivity index (χ2v) is 5.77. The van der Waals surface area contributed by atoms with E-state index in [2.05, 4.69) is 5.32 Å². The first-order valence-electron chi connectivity index (χ1n) is 7.26. The fourth-order valence-corrected chi connectivity index (χ4v) is 2.32. The van der Waals surface area contributed by atoms with Crippen LogP contribution in [-0.4, -0.2) is 16.1 Å². The number of carbonyl (C=O) groups is 1. The number of nitrogens with one attached hydrogen (secondary N) is 1. The molecule has 0 unspecified atom stereocenters. The summed E-state index contributed by atoms with van der Waals surface area (Å²) in [6.07, 6.45) is -1.22. The van der Waals surface area contributed by atoms with E-state index in [0.29, 0.717) is 11.3 Å². The number of hydrogen-bond acceptors (Lipinski definition) is 4. The molecule has 0 atom stereocenters. The van der Waals surface area contributed by atoms with E-state index < -0.39 is 16.6 Å². The summed E-state index contributed by atoms with van der Waals surface area (Å²) in [5.41, 5.74) is 0.155. The number of amides is 1. The molecule has 0 aliphatic heterocycles. The molecule has 2 aromatic rings. The van der Waals surface area contributed by atoms with E-state index in [-0.39, 0.29) is 12.3 Å². The summed E-state index contributed by atoms with van der Waals surface area (Å²) in [6.45, 7) is 3.51. The Kier molecular flexibility index (Phi) is 5.03. The van der Waals surface area contributed by atoms with Crippen LogP contribution < -0.4 is 10.1 Å². The molecule has 7 nitrogen and oxygen atoms in total. The van der Waals surface area contributed by atoms with Crippen molar-refractivity contribution in [2.24, 2.45) is 0 Å². The van der Waals surface area contributed by atoms with Gasteiger partial charge in [-0.2, -0.15) is 0 Å².